The highest BCUT2D eigenvalue weighted by molar-refractivity contribution is 6.31. The van der Waals surface area contributed by atoms with E-state index in [1.54, 1.807) is 0 Å². The van der Waals surface area contributed by atoms with Gasteiger partial charge in [0.1, 0.15) is 0 Å². The molecule has 14 heavy (non-hydrogen) atoms. The van der Waals surface area contributed by atoms with Crippen LogP contribution in [-0.4, -0.2) is 0 Å². The van der Waals surface area contributed by atoms with E-state index in [0.717, 1.165) is 17.0 Å². The number of aryl methyl sites for hydroxylation is 1. The zero-order valence-corrected chi connectivity index (χ0v) is 9.81. The lowest BCUT2D eigenvalue weighted by Crippen LogP contribution is -1.92. The Bertz CT molecular complexity index is 326. The molecule has 0 bridgehead atoms. The number of benzene rings is 1. The summed E-state index contributed by atoms with van der Waals surface area (Å²) in [5.74, 6) is 0.571. The standard InChI is InChI=1S/C13H17Cl/c1-4-5-6-10(2)12-7-8-13(14)11(3)9-12/h4-5,7-10H,6H2,1-3H3/b5-4-. The first-order valence-corrected chi connectivity index (χ1v) is 5.40. The average Bonchev–Trinajstić information content (AvgIpc) is 2.18. The van der Waals surface area contributed by atoms with Crippen molar-refractivity contribution in [2.24, 2.45) is 0 Å². The highest BCUT2D eigenvalue weighted by Crippen LogP contribution is 2.24. The lowest BCUT2D eigenvalue weighted by Gasteiger charge is -2.10. The van der Waals surface area contributed by atoms with Crippen LogP contribution >= 0.6 is 11.6 Å². The van der Waals surface area contributed by atoms with Crippen LogP contribution in [0.3, 0.4) is 0 Å². The van der Waals surface area contributed by atoms with Crippen LogP contribution in [0.25, 0.3) is 0 Å². The van der Waals surface area contributed by atoms with Gasteiger partial charge in [-0.05, 0) is 43.4 Å². The Hall–Kier alpha value is -0.750. The van der Waals surface area contributed by atoms with Gasteiger partial charge in [-0.25, -0.2) is 0 Å². The van der Waals surface area contributed by atoms with Crippen LogP contribution in [0.4, 0.5) is 0 Å². The highest BCUT2D eigenvalue weighted by atomic mass is 35.5. The van der Waals surface area contributed by atoms with Gasteiger partial charge in [-0.15, -0.1) is 0 Å². The Kier molecular flexibility index (Phi) is 4.21. The van der Waals surface area contributed by atoms with Gasteiger partial charge in [-0.3, -0.25) is 0 Å². The van der Waals surface area contributed by atoms with E-state index in [2.05, 4.69) is 38.1 Å². The third-order valence-corrected chi connectivity index (χ3v) is 2.90. The summed E-state index contributed by atoms with van der Waals surface area (Å²) in [5.41, 5.74) is 2.53. The summed E-state index contributed by atoms with van der Waals surface area (Å²) in [4.78, 5) is 0. The minimum Gasteiger partial charge on any atom is -0.0916 e. The van der Waals surface area contributed by atoms with Gasteiger partial charge in [0.2, 0.25) is 0 Å². The van der Waals surface area contributed by atoms with Gasteiger partial charge in [0, 0.05) is 5.02 Å². The van der Waals surface area contributed by atoms with E-state index >= 15 is 0 Å². The molecular weight excluding hydrogens is 192 g/mol. The molecule has 0 saturated heterocycles. The zero-order chi connectivity index (χ0) is 10.6. The van der Waals surface area contributed by atoms with Crippen LogP contribution in [0.5, 0.6) is 0 Å². The molecule has 1 atom stereocenters. The summed E-state index contributed by atoms with van der Waals surface area (Å²) in [6.45, 7) is 6.34. The van der Waals surface area contributed by atoms with Crippen molar-refractivity contribution in [2.75, 3.05) is 0 Å². The van der Waals surface area contributed by atoms with Crippen LogP contribution in [-0.2, 0) is 0 Å². The average molecular weight is 209 g/mol. The van der Waals surface area contributed by atoms with E-state index in [1.807, 2.05) is 13.0 Å². The third kappa shape index (κ3) is 2.88. The second-order valence-electron chi connectivity index (χ2n) is 3.71. The number of allylic oxidation sites excluding steroid dienone is 2. The van der Waals surface area contributed by atoms with Crippen molar-refractivity contribution in [1.82, 2.24) is 0 Å². The van der Waals surface area contributed by atoms with Crippen molar-refractivity contribution in [3.8, 4) is 0 Å². The summed E-state index contributed by atoms with van der Waals surface area (Å²) in [7, 11) is 0. The number of hydrogen-bond donors (Lipinski definition) is 0. The third-order valence-electron chi connectivity index (χ3n) is 2.48. The fourth-order valence-corrected chi connectivity index (χ4v) is 1.57. The minimum absolute atomic E-state index is 0.571. The van der Waals surface area contributed by atoms with Crippen LogP contribution in [0.15, 0.2) is 30.4 Å². The molecule has 0 saturated carbocycles. The first-order valence-electron chi connectivity index (χ1n) is 5.02. The lowest BCUT2D eigenvalue weighted by atomic mass is 9.96. The number of hydrogen-bond acceptors (Lipinski definition) is 0. The van der Waals surface area contributed by atoms with E-state index in [0.29, 0.717) is 5.92 Å². The Morgan fingerprint density at radius 3 is 2.71 bits per heavy atom. The van der Waals surface area contributed by atoms with Crippen LogP contribution in [0.1, 0.15) is 37.3 Å². The molecule has 0 N–H and O–H groups in total. The molecule has 1 aromatic carbocycles. The zero-order valence-electron chi connectivity index (χ0n) is 9.05. The van der Waals surface area contributed by atoms with Crippen LogP contribution < -0.4 is 0 Å². The van der Waals surface area contributed by atoms with Crippen LogP contribution in [0.2, 0.25) is 5.02 Å². The van der Waals surface area contributed by atoms with Crippen molar-refractivity contribution in [3.05, 3.63) is 46.5 Å². The predicted octanol–water partition coefficient (Wildman–Crippen LogP) is 4.72. The Balaban J connectivity index is 2.80. The van der Waals surface area contributed by atoms with Gasteiger partial charge in [-0.1, -0.05) is 42.8 Å². The number of halogens is 1. The van der Waals surface area contributed by atoms with E-state index in [9.17, 15) is 0 Å². The normalized spacial score (nSPS) is 13.4. The molecule has 0 aliphatic carbocycles. The topological polar surface area (TPSA) is 0 Å². The maximum atomic E-state index is 5.98. The molecule has 1 heteroatoms. The summed E-state index contributed by atoms with van der Waals surface area (Å²) < 4.78 is 0. The van der Waals surface area contributed by atoms with E-state index in [1.165, 1.54) is 5.56 Å². The molecule has 0 amide bonds. The molecule has 1 unspecified atom stereocenters. The molecular formula is C13H17Cl. The predicted molar refractivity (Wildman–Crippen MR) is 64.0 cm³/mol. The summed E-state index contributed by atoms with van der Waals surface area (Å²) >= 11 is 5.98. The largest absolute Gasteiger partial charge is 0.0916 e. The van der Waals surface area contributed by atoms with Crippen molar-refractivity contribution in [3.63, 3.8) is 0 Å². The summed E-state index contributed by atoms with van der Waals surface area (Å²) in [6, 6.07) is 6.28. The fraction of sp³-hybridized carbons (Fsp3) is 0.385. The van der Waals surface area contributed by atoms with E-state index in [4.69, 9.17) is 11.6 Å². The molecule has 76 valence electrons. The van der Waals surface area contributed by atoms with Gasteiger partial charge in [0.15, 0.2) is 0 Å². The highest BCUT2D eigenvalue weighted by Gasteiger charge is 2.04. The Morgan fingerprint density at radius 2 is 2.14 bits per heavy atom. The molecule has 1 rings (SSSR count). The monoisotopic (exact) mass is 208 g/mol. The van der Waals surface area contributed by atoms with Gasteiger partial charge < -0.3 is 0 Å². The van der Waals surface area contributed by atoms with Crippen molar-refractivity contribution in [1.29, 1.82) is 0 Å². The molecule has 1 aromatic rings. The first kappa shape index (κ1) is 11.3. The quantitative estimate of drug-likeness (QED) is 0.631. The van der Waals surface area contributed by atoms with E-state index in [-0.39, 0.29) is 0 Å². The second kappa shape index (κ2) is 5.21. The molecule has 0 aliphatic rings. The number of rotatable bonds is 3. The smallest absolute Gasteiger partial charge is 0.0435 e. The minimum atomic E-state index is 0.571. The van der Waals surface area contributed by atoms with Gasteiger partial charge in [0.05, 0.1) is 0 Å². The molecule has 0 aliphatic heterocycles. The molecule has 0 nitrogen and oxygen atoms in total. The van der Waals surface area contributed by atoms with Gasteiger partial charge in [0.25, 0.3) is 0 Å². The second-order valence-corrected chi connectivity index (χ2v) is 4.12. The summed E-state index contributed by atoms with van der Waals surface area (Å²) in [6.07, 6.45) is 5.39. The SMILES string of the molecule is C/C=C\CC(C)c1ccc(Cl)c(C)c1. The molecule has 0 spiro atoms. The van der Waals surface area contributed by atoms with Gasteiger partial charge >= 0.3 is 0 Å². The van der Waals surface area contributed by atoms with Crippen LogP contribution in [0, 0.1) is 6.92 Å². The molecule has 0 heterocycles. The van der Waals surface area contributed by atoms with Crippen molar-refractivity contribution < 1.29 is 0 Å². The van der Waals surface area contributed by atoms with E-state index < -0.39 is 0 Å². The summed E-state index contributed by atoms with van der Waals surface area (Å²) in [5, 5.41) is 0.854. The first-order chi connectivity index (χ1) is 6.65. The molecule has 0 aromatic heterocycles. The van der Waals surface area contributed by atoms with Crippen molar-refractivity contribution >= 4 is 11.6 Å². The molecule has 0 radical (unpaired) electrons. The molecule has 0 fully saturated rings. The lowest BCUT2D eigenvalue weighted by molar-refractivity contribution is 0.779. The maximum absolute atomic E-state index is 5.98. The Labute approximate surface area is 91.6 Å². The Morgan fingerprint density at radius 1 is 1.43 bits per heavy atom. The fourth-order valence-electron chi connectivity index (χ4n) is 1.45. The maximum Gasteiger partial charge on any atom is 0.0435 e. The van der Waals surface area contributed by atoms with Crippen molar-refractivity contribution in [2.45, 2.75) is 33.1 Å². The van der Waals surface area contributed by atoms with Gasteiger partial charge in [-0.2, -0.15) is 0 Å².